The van der Waals surface area contributed by atoms with Crippen LogP contribution in [0.5, 0.6) is 0 Å². The van der Waals surface area contributed by atoms with Gasteiger partial charge in [0, 0.05) is 25.4 Å². The number of aryl methyl sites for hydroxylation is 1. The average Bonchev–Trinajstić information content (AvgIpc) is 3.02. The highest BCUT2D eigenvalue weighted by atomic mass is 16.1. The smallest absolute Gasteiger partial charge is 0.250 e. The lowest BCUT2D eigenvalue weighted by molar-refractivity contribution is 0.197. The second-order valence-corrected chi connectivity index (χ2v) is 7.94. The first-order valence-corrected chi connectivity index (χ1v) is 9.87. The van der Waals surface area contributed by atoms with Gasteiger partial charge in [-0.2, -0.15) is 0 Å². The third-order valence-corrected chi connectivity index (χ3v) is 5.74. The zero-order valence-corrected chi connectivity index (χ0v) is 16.4. The Labute approximate surface area is 160 Å². The summed E-state index contributed by atoms with van der Waals surface area (Å²) in [4.78, 5) is 19.3. The van der Waals surface area contributed by atoms with Crippen LogP contribution in [-0.2, 0) is 13.6 Å². The van der Waals surface area contributed by atoms with Crippen LogP contribution in [-0.4, -0.2) is 32.1 Å². The second-order valence-electron chi connectivity index (χ2n) is 7.94. The third-order valence-electron chi connectivity index (χ3n) is 5.74. The van der Waals surface area contributed by atoms with Crippen LogP contribution in [0.4, 0.5) is 0 Å². The zero-order valence-electron chi connectivity index (χ0n) is 16.4. The average molecular weight is 364 g/mol. The number of hydrogen-bond acceptors (Lipinski definition) is 3. The Balaban J connectivity index is 1.48. The Bertz CT molecular complexity index is 993. The van der Waals surface area contributed by atoms with E-state index in [1.807, 2.05) is 6.20 Å². The fourth-order valence-electron chi connectivity index (χ4n) is 4.22. The molecule has 0 bridgehead atoms. The Morgan fingerprint density at radius 3 is 2.59 bits per heavy atom. The molecule has 3 aromatic rings. The van der Waals surface area contributed by atoms with Crippen LogP contribution in [0.1, 0.15) is 50.0 Å². The van der Waals surface area contributed by atoms with E-state index in [2.05, 4.69) is 53.6 Å². The molecule has 0 saturated carbocycles. The van der Waals surface area contributed by atoms with E-state index in [0.717, 1.165) is 43.8 Å². The number of rotatable bonds is 4. The highest BCUT2D eigenvalue weighted by Gasteiger charge is 2.23. The molecule has 1 fully saturated rings. The molecule has 5 heteroatoms. The number of fused-ring (bicyclic) bond motifs is 1. The van der Waals surface area contributed by atoms with E-state index in [0.29, 0.717) is 12.0 Å². The van der Waals surface area contributed by atoms with Crippen LogP contribution >= 0.6 is 0 Å². The summed E-state index contributed by atoms with van der Waals surface area (Å²) in [5, 5.41) is 0. The zero-order chi connectivity index (χ0) is 19.0. The van der Waals surface area contributed by atoms with Crippen LogP contribution < -0.4 is 5.56 Å². The van der Waals surface area contributed by atoms with Gasteiger partial charge >= 0.3 is 0 Å². The minimum atomic E-state index is 0.0839. The van der Waals surface area contributed by atoms with Crippen molar-refractivity contribution in [2.75, 3.05) is 13.1 Å². The van der Waals surface area contributed by atoms with E-state index < -0.39 is 0 Å². The first-order chi connectivity index (χ1) is 13.0. The Hall–Kier alpha value is -2.40. The van der Waals surface area contributed by atoms with Crippen molar-refractivity contribution >= 4 is 11.0 Å². The van der Waals surface area contributed by atoms with Crippen LogP contribution in [0.3, 0.4) is 0 Å². The van der Waals surface area contributed by atoms with E-state index in [-0.39, 0.29) is 5.56 Å². The lowest BCUT2D eigenvalue weighted by atomic mass is 9.90. The highest BCUT2D eigenvalue weighted by Crippen LogP contribution is 2.29. The molecule has 0 aliphatic carbocycles. The Morgan fingerprint density at radius 2 is 1.89 bits per heavy atom. The molecule has 142 valence electrons. The van der Waals surface area contributed by atoms with E-state index in [4.69, 9.17) is 4.98 Å². The van der Waals surface area contributed by atoms with Gasteiger partial charge in [0.05, 0.1) is 17.6 Å². The lowest BCUT2D eigenvalue weighted by Gasteiger charge is -2.32. The standard InChI is InChI=1S/C22H28N4O/c1-16(2)26-20-7-5-4-6-19(20)23-21(26)15-25-12-9-17(10-13-25)18-8-11-24(3)22(27)14-18/h4-8,11,14,16-17H,9-10,12-13,15H2,1-3H3. The molecule has 0 radical (unpaired) electrons. The molecule has 0 N–H and O–H groups in total. The molecule has 4 rings (SSSR count). The number of piperidine rings is 1. The normalized spacial score (nSPS) is 16.4. The maximum atomic E-state index is 11.9. The SMILES string of the molecule is CC(C)n1c(CN2CCC(c3ccn(C)c(=O)c3)CC2)nc2ccccc21. The number of aromatic nitrogens is 3. The summed E-state index contributed by atoms with van der Waals surface area (Å²) >= 11 is 0. The molecule has 27 heavy (non-hydrogen) atoms. The lowest BCUT2D eigenvalue weighted by Crippen LogP contribution is -2.34. The van der Waals surface area contributed by atoms with Gasteiger partial charge in [0.1, 0.15) is 5.82 Å². The van der Waals surface area contributed by atoms with Crippen molar-refractivity contribution in [2.45, 2.75) is 45.2 Å². The number of para-hydroxylation sites is 2. The van der Waals surface area contributed by atoms with Crippen molar-refractivity contribution in [3.05, 3.63) is 64.3 Å². The second kappa shape index (κ2) is 7.31. The molecule has 1 saturated heterocycles. The Kier molecular flexibility index (Phi) is 4.87. The molecule has 3 heterocycles. The van der Waals surface area contributed by atoms with Crippen LogP contribution in [0, 0.1) is 0 Å². The van der Waals surface area contributed by atoms with Crippen molar-refractivity contribution in [3.63, 3.8) is 0 Å². The molecular weight excluding hydrogens is 336 g/mol. The number of nitrogens with zero attached hydrogens (tertiary/aromatic N) is 4. The van der Waals surface area contributed by atoms with Crippen molar-refractivity contribution in [1.29, 1.82) is 0 Å². The monoisotopic (exact) mass is 364 g/mol. The summed E-state index contributed by atoms with van der Waals surface area (Å²) in [6, 6.07) is 12.7. The first kappa shape index (κ1) is 18.0. The molecule has 0 spiro atoms. The van der Waals surface area contributed by atoms with Gasteiger partial charge in [-0.15, -0.1) is 0 Å². The summed E-state index contributed by atoms with van der Waals surface area (Å²) in [6.45, 7) is 7.41. The molecular formula is C22H28N4O. The highest BCUT2D eigenvalue weighted by molar-refractivity contribution is 5.76. The first-order valence-electron chi connectivity index (χ1n) is 9.87. The number of hydrogen-bond donors (Lipinski definition) is 0. The maximum absolute atomic E-state index is 11.9. The third kappa shape index (κ3) is 3.56. The summed E-state index contributed by atoms with van der Waals surface area (Å²) in [7, 11) is 1.80. The predicted octanol–water partition coefficient (Wildman–Crippen LogP) is 3.70. The van der Waals surface area contributed by atoms with Gasteiger partial charge in [-0.05, 0) is 69.5 Å². The molecule has 1 aromatic carbocycles. The molecule has 0 atom stereocenters. The van der Waals surface area contributed by atoms with Crippen molar-refractivity contribution in [3.8, 4) is 0 Å². The van der Waals surface area contributed by atoms with Gasteiger partial charge < -0.3 is 9.13 Å². The van der Waals surface area contributed by atoms with E-state index >= 15 is 0 Å². The van der Waals surface area contributed by atoms with Crippen LogP contribution in [0.15, 0.2) is 47.4 Å². The fourth-order valence-corrected chi connectivity index (χ4v) is 4.22. The van der Waals surface area contributed by atoms with E-state index in [1.54, 1.807) is 17.7 Å². The molecule has 0 amide bonds. The van der Waals surface area contributed by atoms with E-state index in [9.17, 15) is 4.79 Å². The quantitative estimate of drug-likeness (QED) is 0.709. The molecule has 0 unspecified atom stereocenters. The predicted molar refractivity (Wildman–Crippen MR) is 109 cm³/mol. The van der Waals surface area contributed by atoms with Crippen LogP contribution in [0.25, 0.3) is 11.0 Å². The number of pyridine rings is 1. The molecule has 1 aliphatic heterocycles. The summed E-state index contributed by atoms with van der Waals surface area (Å²) < 4.78 is 4.00. The van der Waals surface area contributed by atoms with Crippen LogP contribution in [0.2, 0.25) is 0 Å². The summed E-state index contributed by atoms with van der Waals surface area (Å²) in [6.07, 6.45) is 4.07. The number of benzene rings is 1. The van der Waals surface area contributed by atoms with Gasteiger partial charge in [-0.25, -0.2) is 4.98 Å². The minimum absolute atomic E-state index is 0.0839. The van der Waals surface area contributed by atoms with Crippen molar-refractivity contribution in [1.82, 2.24) is 19.0 Å². The fraction of sp³-hybridized carbons (Fsp3) is 0.455. The summed E-state index contributed by atoms with van der Waals surface area (Å²) in [5.74, 6) is 1.64. The largest absolute Gasteiger partial charge is 0.324 e. The van der Waals surface area contributed by atoms with Gasteiger partial charge in [-0.3, -0.25) is 9.69 Å². The molecule has 5 nitrogen and oxygen atoms in total. The topological polar surface area (TPSA) is 43.1 Å². The maximum Gasteiger partial charge on any atom is 0.250 e. The van der Waals surface area contributed by atoms with Gasteiger partial charge in [-0.1, -0.05) is 12.1 Å². The van der Waals surface area contributed by atoms with Crippen molar-refractivity contribution in [2.24, 2.45) is 7.05 Å². The van der Waals surface area contributed by atoms with Crippen molar-refractivity contribution < 1.29 is 0 Å². The number of likely N-dealkylation sites (tertiary alicyclic amines) is 1. The molecule has 1 aliphatic rings. The van der Waals surface area contributed by atoms with E-state index in [1.165, 1.54) is 11.1 Å². The minimum Gasteiger partial charge on any atom is -0.324 e. The van der Waals surface area contributed by atoms with Gasteiger partial charge in [0.25, 0.3) is 5.56 Å². The van der Waals surface area contributed by atoms with Gasteiger partial charge in [0.15, 0.2) is 0 Å². The molecule has 2 aromatic heterocycles. The Morgan fingerprint density at radius 1 is 1.15 bits per heavy atom. The summed E-state index contributed by atoms with van der Waals surface area (Å²) in [5.41, 5.74) is 3.57. The van der Waals surface area contributed by atoms with Gasteiger partial charge in [0.2, 0.25) is 0 Å². The number of imidazole rings is 1.